The van der Waals surface area contributed by atoms with Gasteiger partial charge in [-0.05, 0) is 49.3 Å². The second-order valence-electron chi connectivity index (χ2n) is 5.44. The highest BCUT2D eigenvalue weighted by Gasteiger charge is 2.29. The molecule has 0 bridgehead atoms. The summed E-state index contributed by atoms with van der Waals surface area (Å²) in [6.45, 7) is 3.51. The molecule has 1 aliphatic heterocycles. The fourth-order valence-corrected chi connectivity index (χ4v) is 3.43. The Morgan fingerprint density at radius 3 is 3.16 bits per heavy atom. The Kier molecular flexibility index (Phi) is 3.45. The van der Waals surface area contributed by atoms with Crippen LogP contribution in [0.5, 0.6) is 5.75 Å². The third-order valence-electron chi connectivity index (χ3n) is 4.28. The van der Waals surface area contributed by atoms with E-state index in [0.717, 1.165) is 38.2 Å². The van der Waals surface area contributed by atoms with Crippen LogP contribution in [-0.4, -0.2) is 19.1 Å². The van der Waals surface area contributed by atoms with Gasteiger partial charge in [-0.15, -0.1) is 0 Å². The smallest absolute Gasteiger partial charge is 0.220 e. The first kappa shape index (κ1) is 12.5. The number of carbonyl (C=O) groups is 1. The molecule has 1 unspecified atom stereocenters. The second-order valence-corrected chi connectivity index (χ2v) is 5.44. The summed E-state index contributed by atoms with van der Waals surface area (Å²) in [7, 11) is 0. The van der Waals surface area contributed by atoms with E-state index in [1.807, 2.05) is 6.92 Å². The molecule has 3 heteroatoms. The fourth-order valence-electron chi connectivity index (χ4n) is 3.43. The summed E-state index contributed by atoms with van der Waals surface area (Å²) in [5.41, 5.74) is 4.39. The predicted molar refractivity (Wildman–Crippen MR) is 74.6 cm³/mol. The Balaban J connectivity index is 1.75. The standard InChI is InChI=1S/C16H21NO2/c1-2-17-15(18)8-6-12-4-3-11-5-7-14-13(16(11)12)9-10-19-14/h5,7,12H,2-4,6,8-10H2,1H3,(H,17,18). The zero-order valence-corrected chi connectivity index (χ0v) is 11.5. The highest BCUT2D eigenvalue weighted by atomic mass is 16.5. The molecule has 1 heterocycles. The topological polar surface area (TPSA) is 38.3 Å². The van der Waals surface area contributed by atoms with E-state index in [9.17, 15) is 4.79 Å². The van der Waals surface area contributed by atoms with Crippen molar-refractivity contribution in [1.29, 1.82) is 0 Å². The predicted octanol–water partition coefficient (Wildman–Crippen LogP) is 2.57. The number of fused-ring (bicyclic) bond motifs is 3. The van der Waals surface area contributed by atoms with Gasteiger partial charge in [0.05, 0.1) is 6.61 Å². The van der Waals surface area contributed by atoms with E-state index in [1.165, 1.54) is 23.1 Å². The van der Waals surface area contributed by atoms with E-state index in [-0.39, 0.29) is 5.91 Å². The Hall–Kier alpha value is -1.51. The number of rotatable bonds is 4. The second kappa shape index (κ2) is 5.24. The van der Waals surface area contributed by atoms with Gasteiger partial charge in [-0.2, -0.15) is 0 Å². The average molecular weight is 259 g/mol. The molecule has 1 N–H and O–H groups in total. The summed E-state index contributed by atoms with van der Waals surface area (Å²) in [6, 6.07) is 4.33. The van der Waals surface area contributed by atoms with Crippen LogP contribution in [0.1, 0.15) is 48.8 Å². The van der Waals surface area contributed by atoms with Crippen LogP contribution >= 0.6 is 0 Å². The molecule has 1 aromatic carbocycles. The third kappa shape index (κ3) is 2.34. The van der Waals surface area contributed by atoms with Crippen LogP contribution in [0.25, 0.3) is 0 Å². The van der Waals surface area contributed by atoms with Crippen molar-refractivity contribution in [1.82, 2.24) is 5.32 Å². The maximum atomic E-state index is 11.6. The van der Waals surface area contributed by atoms with Crippen LogP contribution in [0.2, 0.25) is 0 Å². The highest BCUT2D eigenvalue weighted by molar-refractivity contribution is 5.75. The Morgan fingerprint density at radius 2 is 2.32 bits per heavy atom. The van der Waals surface area contributed by atoms with Crippen molar-refractivity contribution in [2.24, 2.45) is 0 Å². The van der Waals surface area contributed by atoms with Crippen LogP contribution in [0.15, 0.2) is 12.1 Å². The highest BCUT2D eigenvalue weighted by Crippen LogP contribution is 2.43. The minimum Gasteiger partial charge on any atom is -0.493 e. The Morgan fingerprint density at radius 1 is 1.42 bits per heavy atom. The number of benzene rings is 1. The molecule has 3 rings (SSSR count). The van der Waals surface area contributed by atoms with Crippen molar-refractivity contribution in [3.05, 3.63) is 28.8 Å². The summed E-state index contributed by atoms with van der Waals surface area (Å²) >= 11 is 0. The van der Waals surface area contributed by atoms with E-state index in [0.29, 0.717) is 12.3 Å². The Labute approximate surface area is 114 Å². The van der Waals surface area contributed by atoms with Gasteiger partial charge < -0.3 is 10.1 Å². The molecular weight excluding hydrogens is 238 g/mol. The van der Waals surface area contributed by atoms with E-state index in [2.05, 4.69) is 17.4 Å². The summed E-state index contributed by atoms with van der Waals surface area (Å²) in [4.78, 5) is 11.6. The quantitative estimate of drug-likeness (QED) is 0.902. The van der Waals surface area contributed by atoms with Crippen LogP contribution in [0.3, 0.4) is 0 Å². The molecule has 19 heavy (non-hydrogen) atoms. The number of nitrogens with one attached hydrogen (secondary N) is 1. The monoisotopic (exact) mass is 259 g/mol. The van der Waals surface area contributed by atoms with Crippen LogP contribution in [-0.2, 0) is 17.6 Å². The molecule has 0 aromatic heterocycles. The van der Waals surface area contributed by atoms with Gasteiger partial charge in [0.25, 0.3) is 0 Å². The van der Waals surface area contributed by atoms with Gasteiger partial charge >= 0.3 is 0 Å². The largest absolute Gasteiger partial charge is 0.493 e. The molecule has 1 atom stereocenters. The fraction of sp³-hybridized carbons (Fsp3) is 0.562. The van der Waals surface area contributed by atoms with Gasteiger partial charge in [0.1, 0.15) is 5.75 Å². The van der Waals surface area contributed by atoms with Gasteiger partial charge in [-0.1, -0.05) is 6.07 Å². The van der Waals surface area contributed by atoms with E-state index < -0.39 is 0 Å². The molecule has 0 radical (unpaired) electrons. The van der Waals surface area contributed by atoms with Crippen LogP contribution in [0, 0.1) is 0 Å². The third-order valence-corrected chi connectivity index (χ3v) is 4.28. The van der Waals surface area contributed by atoms with Gasteiger partial charge in [0.15, 0.2) is 0 Å². The number of carbonyl (C=O) groups excluding carboxylic acids is 1. The molecular formula is C16H21NO2. The molecule has 2 aliphatic rings. The lowest BCUT2D eigenvalue weighted by Gasteiger charge is -2.14. The first-order valence-corrected chi connectivity index (χ1v) is 7.33. The number of aryl methyl sites for hydroxylation is 1. The van der Waals surface area contributed by atoms with Gasteiger partial charge in [-0.3, -0.25) is 4.79 Å². The van der Waals surface area contributed by atoms with Gasteiger partial charge in [0, 0.05) is 24.9 Å². The SMILES string of the molecule is CCNC(=O)CCC1CCc2ccc3c(c21)CCO3. The maximum absolute atomic E-state index is 11.6. The van der Waals surface area contributed by atoms with Crippen molar-refractivity contribution >= 4 is 5.91 Å². The van der Waals surface area contributed by atoms with Crippen LogP contribution in [0.4, 0.5) is 0 Å². The average Bonchev–Trinajstić information content (AvgIpc) is 3.02. The summed E-state index contributed by atoms with van der Waals surface area (Å²) in [6.07, 6.45) is 4.99. The first-order chi connectivity index (χ1) is 9.29. The van der Waals surface area contributed by atoms with Crippen molar-refractivity contribution in [3.63, 3.8) is 0 Å². The minimum absolute atomic E-state index is 0.180. The lowest BCUT2D eigenvalue weighted by atomic mass is 9.91. The van der Waals surface area contributed by atoms with Crippen molar-refractivity contribution in [2.75, 3.05) is 13.2 Å². The zero-order chi connectivity index (χ0) is 13.2. The van der Waals surface area contributed by atoms with Crippen LogP contribution < -0.4 is 10.1 Å². The molecule has 1 aromatic rings. The molecule has 102 valence electrons. The van der Waals surface area contributed by atoms with E-state index >= 15 is 0 Å². The molecule has 0 fully saturated rings. The van der Waals surface area contributed by atoms with Crippen molar-refractivity contribution < 1.29 is 9.53 Å². The van der Waals surface area contributed by atoms with E-state index in [1.54, 1.807) is 0 Å². The lowest BCUT2D eigenvalue weighted by Crippen LogP contribution is -2.22. The first-order valence-electron chi connectivity index (χ1n) is 7.33. The summed E-state index contributed by atoms with van der Waals surface area (Å²) in [5, 5.41) is 2.88. The molecule has 3 nitrogen and oxygen atoms in total. The summed E-state index contributed by atoms with van der Waals surface area (Å²) in [5.74, 6) is 1.80. The molecule has 1 aliphatic carbocycles. The van der Waals surface area contributed by atoms with Crippen molar-refractivity contribution in [3.8, 4) is 5.75 Å². The maximum Gasteiger partial charge on any atom is 0.220 e. The molecule has 0 spiro atoms. The lowest BCUT2D eigenvalue weighted by molar-refractivity contribution is -0.121. The molecule has 1 amide bonds. The van der Waals surface area contributed by atoms with Gasteiger partial charge in [0.2, 0.25) is 5.91 Å². The van der Waals surface area contributed by atoms with Gasteiger partial charge in [-0.25, -0.2) is 0 Å². The molecule has 0 saturated carbocycles. The molecule has 0 saturated heterocycles. The van der Waals surface area contributed by atoms with Crippen molar-refractivity contribution in [2.45, 2.75) is 44.9 Å². The number of ether oxygens (including phenoxy) is 1. The Bertz CT molecular complexity index is 496. The van der Waals surface area contributed by atoms with E-state index in [4.69, 9.17) is 4.74 Å². The zero-order valence-electron chi connectivity index (χ0n) is 11.5. The normalized spacial score (nSPS) is 19.7. The minimum atomic E-state index is 0.180. The number of hydrogen-bond acceptors (Lipinski definition) is 2. The summed E-state index contributed by atoms with van der Waals surface area (Å²) < 4.78 is 5.66. The number of hydrogen-bond donors (Lipinski definition) is 1. The number of amides is 1.